The first-order valence-corrected chi connectivity index (χ1v) is 20.3. The van der Waals surface area contributed by atoms with Crippen molar-refractivity contribution < 1.29 is 33.5 Å². The van der Waals surface area contributed by atoms with E-state index in [0.29, 0.717) is 61.0 Å². The van der Waals surface area contributed by atoms with Crippen molar-refractivity contribution in [1.82, 2.24) is 0 Å². The van der Waals surface area contributed by atoms with Gasteiger partial charge < -0.3 is 29.3 Å². The molecule has 2 saturated carbocycles. The molecule has 58 heavy (non-hydrogen) atoms. The Morgan fingerprint density at radius 1 is 0.793 bits per heavy atom. The van der Waals surface area contributed by atoms with Crippen LogP contribution in [0, 0.1) is 28.9 Å². The van der Waals surface area contributed by atoms with Gasteiger partial charge in [-0.25, -0.2) is 9.59 Å². The molecule has 15 heteroatoms. The number of rotatable bonds is 21. The monoisotopic (exact) mass is 816 g/mol. The largest absolute Gasteiger partial charge is 0.491 e. The molecular weight excluding hydrogens is 764 g/mol. The summed E-state index contributed by atoms with van der Waals surface area (Å²) >= 11 is 6.37. The number of aryl methyl sites for hydroxylation is 1. The summed E-state index contributed by atoms with van der Waals surface area (Å²) < 4.78 is 23.5. The lowest BCUT2D eigenvalue weighted by Crippen LogP contribution is -2.32. The molecule has 3 aromatic rings. The van der Waals surface area contributed by atoms with Crippen molar-refractivity contribution in [2.75, 3.05) is 55.3 Å². The van der Waals surface area contributed by atoms with Gasteiger partial charge in [0.25, 0.3) is 5.69 Å². The first kappa shape index (κ1) is 43.5. The van der Waals surface area contributed by atoms with Crippen LogP contribution in [0.1, 0.15) is 69.8 Å². The lowest BCUT2D eigenvalue weighted by Gasteiger charge is -2.26. The summed E-state index contributed by atoms with van der Waals surface area (Å²) in [6, 6.07) is 13.6. The summed E-state index contributed by atoms with van der Waals surface area (Å²) in [5.41, 5.74) is 10.5. The SMILES string of the molecule is C=CC(=O)OCCN(CCOC(=O)C=C)c1ccc(NNc2cc(OCC3CCCCC3)c(N=Nc3ccc([N+](=O)[O-])cc3Cl)cc2OCC2CCCCC2)c(C)c1. The van der Waals surface area contributed by atoms with E-state index in [2.05, 4.69) is 34.2 Å². The van der Waals surface area contributed by atoms with Crippen LogP contribution >= 0.6 is 11.6 Å². The molecule has 0 saturated heterocycles. The molecule has 2 N–H and O–H groups in total. The Labute approximate surface area is 344 Å². The van der Waals surface area contributed by atoms with Gasteiger partial charge in [-0.1, -0.05) is 63.3 Å². The lowest BCUT2D eigenvalue weighted by molar-refractivity contribution is -0.384. The van der Waals surface area contributed by atoms with Crippen LogP contribution in [-0.4, -0.2) is 56.4 Å². The number of nitrogens with zero attached hydrogens (tertiary/aromatic N) is 4. The lowest BCUT2D eigenvalue weighted by atomic mass is 9.90. The number of non-ortho nitro benzene ring substituents is 1. The summed E-state index contributed by atoms with van der Waals surface area (Å²) in [4.78, 5) is 36.1. The van der Waals surface area contributed by atoms with E-state index in [9.17, 15) is 19.7 Å². The zero-order valence-electron chi connectivity index (χ0n) is 33.1. The Bertz CT molecular complexity index is 1900. The highest BCUT2D eigenvalue weighted by Crippen LogP contribution is 2.41. The number of benzene rings is 3. The fourth-order valence-corrected chi connectivity index (χ4v) is 7.21. The Hall–Kier alpha value is -5.63. The molecule has 2 aliphatic carbocycles. The average Bonchev–Trinajstić information content (AvgIpc) is 3.24. The van der Waals surface area contributed by atoms with Gasteiger partial charge in [0.15, 0.2) is 0 Å². The third-order valence-electron chi connectivity index (χ3n) is 10.3. The summed E-state index contributed by atoms with van der Waals surface area (Å²) in [6.45, 7) is 10.9. The van der Waals surface area contributed by atoms with Gasteiger partial charge in [-0.15, -0.1) is 10.2 Å². The highest BCUT2D eigenvalue weighted by molar-refractivity contribution is 6.33. The number of azo groups is 1. The fourth-order valence-electron chi connectivity index (χ4n) is 7.00. The summed E-state index contributed by atoms with van der Waals surface area (Å²) in [6.07, 6.45) is 13.8. The molecule has 0 heterocycles. The molecule has 0 amide bonds. The van der Waals surface area contributed by atoms with E-state index in [4.69, 9.17) is 30.5 Å². The van der Waals surface area contributed by atoms with Crippen LogP contribution in [0.15, 0.2) is 84.1 Å². The van der Waals surface area contributed by atoms with E-state index in [0.717, 1.165) is 54.8 Å². The maximum atomic E-state index is 11.7. The molecular formula is C43H53ClN6O8. The molecule has 0 aliphatic heterocycles. The number of halogens is 1. The van der Waals surface area contributed by atoms with Crippen molar-refractivity contribution in [3.8, 4) is 11.5 Å². The van der Waals surface area contributed by atoms with Gasteiger partial charge in [0.1, 0.15) is 36.1 Å². The van der Waals surface area contributed by atoms with Crippen LogP contribution in [0.2, 0.25) is 5.02 Å². The molecule has 0 radical (unpaired) electrons. The first-order chi connectivity index (χ1) is 28.1. The number of hydrogen-bond acceptors (Lipinski definition) is 13. The molecule has 5 rings (SSSR count). The Balaban J connectivity index is 1.41. The zero-order chi connectivity index (χ0) is 41.3. The van der Waals surface area contributed by atoms with Crippen LogP contribution in [-0.2, 0) is 19.1 Å². The van der Waals surface area contributed by atoms with Gasteiger partial charge in [0, 0.05) is 42.1 Å². The van der Waals surface area contributed by atoms with Crippen molar-refractivity contribution >= 4 is 57.7 Å². The first-order valence-electron chi connectivity index (χ1n) is 19.9. The van der Waals surface area contributed by atoms with Gasteiger partial charge in [-0.2, -0.15) is 0 Å². The minimum absolute atomic E-state index is 0.107. The topological polar surface area (TPSA) is 166 Å². The maximum Gasteiger partial charge on any atom is 0.330 e. The third kappa shape index (κ3) is 13.2. The minimum atomic E-state index is -0.519. The van der Waals surface area contributed by atoms with Gasteiger partial charge in [-0.3, -0.25) is 15.5 Å². The fraction of sp³-hybridized carbons (Fsp3) is 0.442. The minimum Gasteiger partial charge on any atom is -0.491 e. The average molecular weight is 817 g/mol. The molecule has 3 aromatic carbocycles. The Morgan fingerprint density at radius 3 is 1.91 bits per heavy atom. The van der Waals surface area contributed by atoms with E-state index < -0.39 is 16.9 Å². The second-order valence-electron chi connectivity index (χ2n) is 14.5. The van der Waals surface area contributed by atoms with E-state index >= 15 is 0 Å². The Morgan fingerprint density at radius 2 is 1.36 bits per heavy atom. The number of nitrogens with one attached hydrogen (secondary N) is 2. The predicted octanol–water partition coefficient (Wildman–Crippen LogP) is 10.6. The second kappa shape index (κ2) is 22.3. The molecule has 310 valence electrons. The maximum absolute atomic E-state index is 11.7. The van der Waals surface area contributed by atoms with Crippen molar-refractivity contribution in [2.24, 2.45) is 22.1 Å². The quantitative estimate of drug-likeness (QED) is 0.0345. The Kier molecular flexibility index (Phi) is 16.8. The van der Waals surface area contributed by atoms with Crippen molar-refractivity contribution in [3.05, 3.63) is 94.5 Å². The van der Waals surface area contributed by atoms with Crippen LogP contribution in [0.5, 0.6) is 11.5 Å². The number of esters is 2. The predicted molar refractivity (Wildman–Crippen MR) is 226 cm³/mol. The summed E-state index contributed by atoms with van der Waals surface area (Å²) in [7, 11) is 0. The number of hydrazine groups is 1. The molecule has 0 bridgehead atoms. The number of carbonyl (C=O) groups excluding carboxylic acids is 2. The third-order valence-corrected chi connectivity index (χ3v) is 10.6. The number of hydrogen-bond donors (Lipinski definition) is 2. The van der Waals surface area contributed by atoms with E-state index in [1.807, 2.05) is 36.1 Å². The zero-order valence-corrected chi connectivity index (χ0v) is 33.8. The summed E-state index contributed by atoms with van der Waals surface area (Å²) in [5.74, 6) is 0.861. The van der Waals surface area contributed by atoms with Crippen LogP contribution in [0.3, 0.4) is 0 Å². The summed E-state index contributed by atoms with van der Waals surface area (Å²) in [5, 5.41) is 20.3. The van der Waals surface area contributed by atoms with E-state index in [1.165, 1.54) is 56.7 Å². The van der Waals surface area contributed by atoms with Gasteiger partial charge in [0.2, 0.25) is 0 Å². The van der Waals surface area contributed by atoms with Gasteiger partial charge in [-0.05, 0) is 74.3 Å². The number of ether oxygens (including phenoxy) is 4. The molecule has 0 unspecified atom stereocenters. The molecule has 14 nitrogen and oxygen atoms in total. The number of nitro groups is 1. The van der Waals surface area contributed by atoms with Crippen molar-refractivity contribution in [1.29, 1.82) is 0 Å². The highest BCUT2D eigenvalue weighted by Gasteiger charge is 2.20. The number of anilines is 3. The second-order valence-corrected chi connectivity index (χ2v) is 14.9. The van der Waals surface area contributed by atoms with Crippen molar-refractivity contribution in [3.63, 3.8) is 0 Å². The smallest absolute Gasteiger partial charge is 0.330 e. The molecule has 0 aromatic heterocycles. The van der Waals surface area contributed by atoms with Gasteiger partial charge in [0.05, 0.1) is 47.6 Å². The molecule has 0 spiro atoms. The van der Waals surface area contributed by atoms with Crippen LogP contribution < -0.4 is 25.2 Å². The van der Waals surface area contributed by atoms with Crippen LogP contribution in [0.25, 0.3) is 0 Å². The van der Waals surface area contributed by atoms with Crippen molar-refractivity contribution in [2.45, 2.75) is 71.1 Å². The van der Waals surface area contributed by atoms with Crippen LogP contribution in [0.4, 0.5) is 34.1 Å². The molecule has 0 atom stereocenters. The van der Waals surface area contributed by atoms with E-state index in [-0.39, 0.29) is 29.6 Å². The number of carbonyl (C=O) groups is 2. The normalized spacial score (nSPS) is 14.7. The van der Waals surface area contributed by atoms with Gasteiger partial charge >= 0.3 is 11.9 Å². The molecule has 2 aliphatic rings. The molecule has 2 fully saturated rings. The number of nitro benzene ring substituents is 1. The highest BCUT2D eigenvalue weighted by atomic mass is 35.5. The standard InChI is InChI=1S/C43H53ClN6O8/c1-4-42(51)55-22-20-49(21-23-56-43(52)5-2)33-16-18-36(30(3)24-33)45-47-38-26-41(58-29-32-14-10-7-11-15-32)39(27-40(38)57-28-31-12-8-6-9-13-31)48-46-37-19-17-34(50(53)54)25-35(37)44/h4-5,16-19,24-27,31-32,45,47H,1-2,6-15,20-23,28-29H2,3H3. The van der Waals surface area contributed by atoms with E-state index in [1.54, 1.807) is 6.07 Å².